The molecule has 0 spiro atoms. The Morgan fingerprint density at radius 3 is 2.52 bits per heavy atom. The average Bonchev–Trinajstić information content (AvgIpc) is 2.99. The molecule has 3 rings (SSSR count). The maximum Gasteiger partial charge on any atom is 0.170 e. The summed E-state index contributed by atoms with van der Waals surface area (Å²) in [4.78, 5) is 0. The normalized spacial score (nSPS) is 10.7. The number of benzene rings is 2. The minimum Gasteiger partial charge on any atom is -0.306 e. The van der Waals surface area contributed by atoms with Crippen LogP contribution in [0.2, 0.25) is 0 Å². The Labute approximate surface area is 123 Å². The van der Waals surface area contributed by atoms with Crippen molar-refractivity contribution in [1.29, 1.82) is 0 Å². The molecule has 1 aromatic heterocycles. The van der Waals surface area contributed by atoms with Gasteiger partial charge < -0.3 is 5.32 Å². The summed E-state index contributed by atoms with van der Waals surface area (Å²) in [6.07, 6.45) is 0. The third-order valence-corrected chi connectivity index (χ3v) is 3.39. The van der Waals surface area contributed by atoms with Crippen molar-refractivity contribution in [1.82, 2.24) is 25.5 Å². The molecular formula is C16H17N5. The van der Waals surface area contributed by atoms with E-state index in [0.29, 0.717) is 6.54 Å². The van der Waals surface area contributed by atoms with Crippen molar-refractivity contribution in [3.8, 4) is 5.69 Å². The highest BCUT2D eigenvalue weighted by Crippen LogP contribution is 2.08. The first-order valence-corrected chi connectivity index (χ1v) is 6.92. The largest absolute Gasteiger partial charge is 0.306 e. The number of rotatable bonds is 5. The lowest BCUT2D eigenvalue weighted by Gasteiger charge is -2.08. The van der Waals surface area contributed by atoms with Gasteiger partial charge in [-0.2, -0.15) is 4.68 Å². The summed E-state index contributed by atoms with van der Waals surface area (Å²) in [7, 11) is 0. The summed E-state index contributed by atoms with van der Waals surface area (Å²) in [6, 6.07) is 18.2. The predicted octanol–water partition coefficient (Wildman–Crippen LogP) is 2.26. The van der Waals surface area contributed by atoms with E-state index >= 15 is 0 Å². The van der Waals surface area contributed by atoms with Gasteiger partial charge >= 0.3 is 0 Å². The van der Waals surface area contributed by atoms with Gasteiger partial charge in [0.15, 0.2) is 5.82 Å². The highest BCUT2D eigenvalue weighted by Gasteiger charge is 2.07. The molecule has 1 heterocycles. The highest BCUT2D eigenvalue weighted by molar-refractivity contribution is 5.30. The van der Waals surface area contributed by atoms with Gasteiger partial charge in [-0.05, 0) is 40.6 Å². The molecule has 5 nitrogen and oxygen atoms in total. The summed E-state index contributed by atoms with van der Waals surface area (Å²) in [5.74, 6) is 0.801. The van der Waals surface area contributed by atoms with Gasteiger partial charge in [-0.15, -0.1) is 5.10 Å². The zero-order chi connectivity index (χ0) is 14.5. The molecule has 106 valence electrons. The van der Waals surface area contributed by atoms with E-state index in [9.17, 15) is 0 Å². The minimum absolute atomic E-state index is 0.621. The summed E-state index contributed by atoms with van der Waals surface area (Å²) in [6.45, 7) is 3.54. The monoisotopic (exact) mass is 279 g/mol. The number of hydrogen-bond acceptors (Lipinski definition) is 4. The Morgan fingerprint density at radius 2 is 1.71 bits per heavy atom. The van der Waals surface area contributed by atoms with E-state index in [0.717, 1.165) is 18.1 Å². The van der Waals surface area contributed by atoms with E-state index in [1.54, 1.807) is 4.68 Å². The fourth-order valence-corrected chi connectivity index (χ4v) is 2.20. The smallest absolute Gasteiger partial charge is 0.170 e. The molecule has 0 bridgehead atoms. The second-order valence-corrected chi connectivity index (χ2v) is 4.87. The molecule has 1 N–H and O–H groups in total. The molecule has 0 saturated heterocycles. The highest BCUT2D eigenvalue weighted by atomic mass is 15.5. The van der Waals surface area contributed by atoms with E-state index in [-0.39, 0.29) is 0 Å². The van der Waals surface area contributed by atoms with Crippen molar-refractivity contribution in [2.24, 2.45) is 0 Å². The van der Waals surface area contributed by atoms with E-state index in [1.165, 1.54) is 11.1 Å². The molecule has 0 saturated carbocycles. The molecule has 0 amide bonds. The molecule has 0 aliphatic carbocycles. The van der Waals surface area contributed by atoms with Crippen LogP contribution in [0.1, 0.15) is 17.0 Å². The van der Waals surface area contributed by atoms with Crippen molar-refractivity contribution < 1.29 is 0 Å². The Kier molecular flexibility index (Phi) is 4.02. The molecule has 0 aliphatic rings. The van der Waals surface area contributed by atoms with E-state index in [2.05, 4.69) is 52.0 Å². The molecule has 0 unspecified atom stereocenters. The van der Waals surface area contributed by atoms with Gasteiger partial charge in [-0.3, -0.25) is 0 Å². The number of para-hydroxylation sites is 1. The second kappa shape index (κ2) is 6.28. The van der Waals surface area contributed by atoms with Gasteiger partial charge in [-0.25, -0.2) is 0 Å². The van der Waals surface area contributed by atoms with Gasteiger partial charge in [0.2, 0.25) is 0 Å². The average molecular weight is 279 g/mol. The van der Waals surface area contributed by atoms with Crippen molar-refractivity contribution >= 4 is 0 Å². The summed E-state index contributed by atoms with van der Waals surface area (Å²) >= 11 is 0. The molecule has 2 aromatic carbocycles. The zero-order valence-electron chi connectivity index (χ0n) is 11.9. The Balaban J connectivity index is 1.67. The van der Waals surface area contributed by atoms with Crippen LogP contribution in [-0.2, 0) is 13.1 Å². The standard InChI is InChI=1S/C16H17N5/c1-13-7-5-6-8-14(13)11-17-12-16-18-19-20-21(16)15-9-3-2-4-10-15/h2-10,17H,11-12H2,1H3. The van der Waals surface area contributed by atoms with Crippen LogP contribution < -0.4 is 5.32 Å². The molecule has 21 heavy (non-hydrogen) atoms. The number of nitrogens with zero attached hydrogens (tertiary/aromatic N) is 4. The van der Waals surface area contributed by atoms with Gasteiger partial charge in [-0.1, -0.05) is 42.5 Å². The van der Waals surface area contributed by atoms with Crippen LogP contribution in [-0.4, -0.2) is 20.2 Å². The topological polar surface area (TPSA) is 55.6 Å². The van der Waals surface area contributed by atoms with Crippen LogP contribution in [0.15, 0.2) is 54.6 Å². The quantitative estimate of drug-likeness (QED) is 0.778. The second-order valence-electron chi connectivity index (χ2n) is 4.87. The van der Waals surface area contributed by atoms with Crippen LogP contribution in [0.25, 0.3) is 5.69 Å². The molecular weight excluding hydrogens is 262 g/mol. The third-order valence-electron chi connectivity index (χ3n) is 3.39. The zero-order valence-corrected chi connectivity index (χ0v) is 11.9. The molecule has 0 aliphatic heterocycles. The van der Waals surface area contributed by atoms with Crippen molar-refractivity contribution in [2.45, 2.75) is 20.0 Å². The van der Waals surface area contributed by atoms with Crippen LogP contribution in [0.4, 0.5) is 0 Å². The van der Waals surface area contributed by atoms with Gasteiger partial charge in [0.05, 0.1) is 12.2 Å². The minimum atomic E-state index is 0.621. The first kappa shape index (κ1) is 13.5. The number of aromatic nitrogens is 4. The lowest BCUT2D eigenvalue weighted by Crippen LogP contribution is -2.17. The fourth-order valence-electron chi connectivity index (χ4n) is 2.20. The summed E-state index contributed by atoms with van der Waals surface area (Å²) < 4.78 is 1.75. The Hall–Kier alpha value is -2.53. The van der Waals surface area contributed by atoms with Gasteiger partial charge in [0, 0.05) is 6.54 Å². The van der Waals surface area contributed by atoms with E-state index in [4.69, 9.17) is 0 Å². The SMILES string of the molecule is Cc1ccccc1CNCc1nnnn1-c1ccccc1. The molecule has 3 aromatic rings. The molecule has 5 heteroatoms. The van der Waals surface area contributed by atoms with Crippen molar-refractivity contribution in [3.63, 3.8) is 0 Å². The summed E-state index contributed by atoms with van der Waals surface area (Å²) in [5, 5.41) is 15.3. The van der Waals surface area contributed by atoms with Crippen LogP contribution in [0.3, 0.4) is 0 Å². The number of nitrogens with one attached hydrogen (secondary N) is 1. The van der Waals surface area contributed by atoms with E-state index in [1.807, 2.05) is 30.3 Å². The van der Waals surface area contributed by atoms with Crippen molar-refractivity contribution in [2.75, 3.05) is 0 Å². The maximum atomic E-state index is 4.09. The summed E-state index contributed by atoms with van der Waals surface area (Å²) in [5.41, 5.74) is 3.54. The van der Waals surface area contributed by atoms with Crippen LogP contribution in [0, 0.1) is 6.92 Å². The van der Waals surface area contributed by atoms with Gasteiger partial charge in [0.1, 0.15) is 0 Å². The maximum absolute atomic E-state index is 4.09. The Bertz CT molecular complexity index is 705. The number of tetrazole rings is 1. The molecule has 0 radical (unpaired) electrons. The first-order chi connectivity index (χ1) is 10.3. The lowest BCUT2D eigenvalue weighted by molar-refractivity contribution is 0.640. The first-order valence-electron chi connectivity index (χ1n) is 6.92. The number of hydrogen-bond donors (Lipinski definition) is 1. The molecule has 0 atom stereocenters. The molecule has 0 fully saturated rings. The van der Waals surface area contributed by atoms with Crippen molar-refractivity contribution in [3.05, 3.63) is 71.5 Å². The lowest BCUT2D eigenvalue weighted by atomic mass is 10.1. The third kappa shape index (κ3) is 3.14. The Morgan fingerprint density at radius 1 is 0.952 bits per heavy atom. The van der Waals surface area contributed by atoms with Crippen LogP contribution >= 0.6 is 0 Å². The number of aryl methyl sites for hydroxylation is 1. The predicted molar refractivity (Wildman–Crippen MR) is 80.9 cm³/mol. The van der Waals surface area contributed by atoms with Crippen LogP contribution in [0.5, 0.6) is 0 Å². The fraction of sp³-hybridized carbons (Fsp3) is 0.188. The van der Waals surface area contributed by atoms with E-state index < -0.39 is 0 Å². The van der Waals surface area contributed by atoms with Gasteiger partial charge in [0.25, 0.3) is 0 Å².